The molecule has 0 saturated carbocycles. The Morgan fingerprint density at radius 3 is 2.52 bits per heavy atom. The van der Waals surface area contributed by atoms with E-state index in [4.69, 9.17) is 4.74 Å². The molecule has 2 atom stereocenters. The fourth-order valence-electron chi connectivity index (χ4n) is 2.71. The predicted molar refractivity (Wildman–Crippen MR) is 77.5 cm³/mol. The first-order chi connectivity index (χ1) is 10.1. The minimum Gasteiger partial charge on any atom is -0.508 e. The van der Waals surface area contributed by atoms with Crippen molar-refractivity contribution in [3.8, 4) is 11.5 Å². The van der Waals surface area contributed by atoms with Crippen LogP contribution in [0.5, 0.6) is 11.5 Å². The Kier molecular flexibility index (Phi) is 3.18. The number of carbonyl (C=O) groups excluding carboxylic acids is 1. The molecule has 1 aliphatic heterocycles. The molecule has 108 valence electrons. The smallest absolute Gasteiger partial charge is 0.202 e. The average Bonchev–Trinajstić information content (AvgIpc) is 2.52. The molecule has 0 spiro atoms. The minimum atomic E-state index is -1.69. The van der Waals surface area contributed by atoms with E-state index in [1.165, 1.54) is 6.07 Å². The van der Waals surface area contributed by atoms with Crippen LogP contribution in [0.3, 0.4) is 0 Å². The van der Waals surface area contributed by atoms with Gasteiger partial charge in [-0.2, -0.15) is 0 Å². The lowest BCUT2D eigenvalue weighted by Gasteiger charge is -2.39. The van der Waals surface area contributed by atoms with Crippen LogP contribution >= 0.6 is 0 Å². The fourth-order valence-corrected chi connectivity index (χ4v) is 2.71. The highest BCUT2D eigenvalue weighted by atomic mass is 16.5. The molecule has 2 N–H and O–H groups in total. The van der Waals surface area contributed by atoms with E-state index >= 15 is 0 Å². The van der Waals surface area contributed by atoms with Gasteiger partial charge in [0.05, 0.1) is 5.56 Å². The van der Waals surface area contributed by atoms with Gasteiger partial charge in [0.2, 0.25) is 5.78 Å². The third-order valence-corrected chi connectivity index (χ3v) is 3.96. The van der Waals surface area contributed by atoms with Gasteiger partial charge in [0.25, 0.3) is 0 Å². The van der Waals surface area contributed by atoms with Gasteiger partial charge in [-0.3, -0.25) is 4.79 Å². The quantitative estimate of drug-likeness (QED) is 0.890. The minimum absolute atomic E-state index is 0.00144. The summed E-state index contributed by atoms with van der Waals surface area (Å²) in [7, 11) is 0. The molecule has 1 heterocycles. The van der Waals surface area contributed by atoms with Crippen molar-refractivity contribution in [3.05, 3.63) is 59.7 Å². The van der Waals surface area contributed by atoms with Gasteiger partial charge in [-0.1, -0.05) is 37.3 Å². The van der Waals surface area contributed by atoms with Crippen molar-refractivity contribution >= 4 is 5.78 Å². The van der Waals surface area contributed by atoms with Crippen molar-refractivity contribution in [2.75, 3.05) is 0 Å². The van der Waals surface area contributed by atoms with Crippen LogP contribution in [0, 0.1) is 0 Å². The van der Waals surface area contributed by atoms with Crippen molar-refractivity contribution in [1.29, 1.82) is 0 Å². The van der Waals surface area contributed by atoms with Gasteiger partial charge in [-0.15, -0.1) is 0 Å². The number of phenolic OH excluding ortho intramolecular Hbond substituents is 1. The number of phenols is 1. The Morgan fingerprint density at radius 1 is 1.14 bits per heavy atom. The number of Topliss-reactive ketones (excluding diaryl/α,β-unsaturated/α-hetero) is 1. The molecule has 21 heavy (non-hydrogen) atoms. The third-order valence-electron chi connectivity index (χ3n) is 3.96. The summed E-state index contributed by atoms with van der Waals surface area (Å²) in [6.45, 7) is 1.72. The van der Waals surface area contributed by atoms with E-state index in [-0.39, 0.29) is 18.0 Å². The first-order valence-corrected chi connectivity index (χ1v) is 6.88. The maximum Gasteiger partial charge on any atom is 0.202 e. The molecular weight excluding hydrogens is 268 g/mol. The highest BCUT2D eigenvalue weighted by Crippen LogP contribution is 2.44. The summed E-state index contributed by atoms with van der Waals surface area (Å²) in [4.78, 5) is 12.7. The number of aromatic hydroxyl groups is 1. The summed E-state index contributed by atoms with van der Waals surface area (Å²) in [5.74, 6) is 0.0514. The van der Waals surface area contributed by atoms with Crippen LogP contribution in [-0.4, -0.2) is 21.6 Å². The predicted octanol–water partition coefficient (Wildman–Crippen LogP) is 2.85. The van der Waals surface area contributed by atoms with E-state index in [1.807, 2.05) is 0 Å². The number of hydrogen-bond donors (Lipinski definition) is 2. The van der Waals surface area contributed by atoms with E-state index in [0.29, 0.717) is 16.9 Å². The second-order valence-electron chi connectivity index (χ2n) is 5.16. The van der Waals surface area contributed by atoms with Crippen LogP contribution in [0.4, 0.5) is 0 Å². The van der Waals surface area contributed by atoms with Crippen LogP contribution in [0.15, 0.2) is 48.5 Å². The molecule has 1 aliphatic rings. The van der Waals surface area contributed by atoms with Gasteiger partial charge >= 0.3 is 0 Å². The summed E-state index contributed by atoms with van der Waals surface area (Å²) < 4.78 is 5.84. The lowest BCUT2D eigenvalue weighted by molar-refractivity contribution is -0.0519. The SMILES string of the molecule is CCC1(O)C(=O)c2ccccc2OC1c1ccccc1O. The monoisotopic (exact) mass is 284 g/mol. The Hall–Kier alpha value is -2.33. The first-order valence-electron chi connectivity index (χ1n) is 6.88. The van der Waals surface area contributed by atoms with Crippen molar-refractivity contribution in [2.45, 2.75) is 25.0 Å². The molecule has 3 rings (SSSR count). The molecule has 2 unspecified atom stereocenters. The number of fused-ring (bicyclic) bond motifs is 1. The van der Waals surface area contributed by atoms with Gasteiger partial charge in [0.1, 0.15) is 11.5 Å². The second-order valence-corrected chi connectivity index (χ2v) is 5.16. The summed E-state index contributed by atoms with van der Waals surface area (Å²) >= 11 is 0. The van der Waals surface area contributed by atoms with Gasteiger partial charge in [-0.25, -0.2) is 0 Å². The van der Waals surface area contributed by atoms with Crippen LogP contribution in [0.1, 0.15) is 35.4 Å². The molecule has 0 amide bonds. The van der Waals surface area contributed by atoms with Crippen LogP contribution < -0.4 is 4.74 Å². The Labute approximate surface area is 122 Å². The zero-order valence-corrected chi connectivity index (χ0v) is 11.6. The summed E-state index contributed by atoms with van der Waals surface area (Å²) in [5, 5.41) is 20.9. The summed E-state index contributed by atoms with van der Waals surface area (Å²) in [6.07, 6.45) is -0.731. The van der Waals surface area contributed by atoms with E-state index in [1.54, 1.807) is 49.4 Å². The number of para-hydroxylation sites is 2. The van der Waals surface area contributed by atoms with Crippen molar-refractivity contribution in [1.82, 2.24) is 0 Å². The molecule has 2 aromatic rings. The number of carbonyl (C=O) groups is 1. The molecule has 0 fully saturated rings. The first kappa shape index (κ1) is 13.6. The Balaban J connectivity index is 2.17. The normalized spacial score (nSPS) is 24.3. The van der Waals surface area contributed by atoms with Crippen molar-refractivity contribution in [2.24, 2.45) is 0 Å². The molecule has 2 aromatic carbocycles. The highest BCUT2D eigenvalue weighted by Gasteiger charge is 2.50. The molecule has 4 nitrogen and oxygen atoms in total. The number of benzene rings is 2. The largest absolute Gasteiger partial charge is 0.508 e. The number of hydrogen-bond acceptors (Lipinski definition) is 4. The van der Waals surface area contributed by atoms with Crippen LogP contribution in [-0.2, 0) is 0 Å². The molecule has 0 aliphatic carbocycles. The second kappa shape index (κ2) is 4.90. The summed E-state index contributed by atoms with van der Waals surface area (Å²) in [6, 6.07) is 13.4. The maximum absolute atomic E-state index is 12.7. The summed E-state index contributed by atoms with van der Waals surface area (Å²) in [5.41, 5.74) is -0.911. The molecule has 0 radical (unpaired) electrons. The number of aliphatic hydroxyl groups is 1. The lowest BCUT2D eigenvalue weighted by Crippen LogP contribution is -2.49. The molecule has 0 bridgehead atoms. The van der Waals surface area contributed by atoms with E-state index in [9.17, 15) is 15.0 Å². The molecule has 0 aromatic heterocycles. The Morgan fingerprint density at radius 2 is 1.81 bits per heavy atom. The van der Waals surface area contributed by atoms with E-state index < -0.39 is 11.7 Å². The fraction of sp³-hybridized carbons (Fsp3) is 0.235. The Bertz CT molecular complexity index is 695. The molecule has 4 heteroatoms. The van der Waals surface area contributed by atoms with Crippen LogP contribution in [0.2, 0.25) is 0 Å². The van der Waals surface area contributed by atoms with Gasteiger partial charge in [-0.05, 0) is 24.6 Å². The average molecular weight is 284 g/mol. The third kappa shape index (κ3) is 1.99. The zero-order valence-electron chi connectivity index (χ0n) is 11.6. The zero-order chi connectivity index (χ0) is 15.0. The van der Waals surface area contributed by atoms with Gasteiger partial charge in [0.15, 0.2) is 11.7 Å². The standard InChI is InChI=1S/C17H16O4/c1-2-17(20)15(19)12-8-4-6-10-14(12)21-16(17)11-7-3-5-9-13(11)18/h3-10,16,18,20H,2H2,1H3. The molecule has 0 saturated heterocycles. The van der Waals surface area contributed by atoms with E-state index in [0.717, 1.165) is 0 Å². The maximum atomic E-state index is 12.7. The number of rotatable bonds is 2. The van der Waals surface area contributed by atoms with Crippen molar-refractivity contribution in [3.63, 3.8) is 0 Å². The van der Waals surface area contributed by atoms with Gasteiger partial charge in [0, 0.05) is 5.56 Å². The van der Waals surface area contributed by atoms with Crippen molar-refractivity contribution < 1.29 is 19.7 Å². The van der Waals surface area contributed by atoms with E-state index in [2.05, 4.69) is 0 Å². The highest BCUT2D eigenvalue weighted by molar-refractivity contribution is 6.06. The lowest BCUT2D eigenvalue weighted by atomic mass is 9.79. The number of ketones is 1. The topological polar surface area (TPSA) is 66.8 Å². The molecular formula is C17H16O4. The van der Waals surface area contributed by atoms with Crippen LogP contribution in [0.25, 0.3) is 0 Å². The number of ether oxygens (including phenoxy) is 1. The van der Waals surface area contributed by atoms with Gasteiger partial charge < -0.3 is 14.9 Å².